The molecule has 10 nitrogen and oxygen atoms in total. The van der Waals surface area contributed by atoms with Gasteiger partial charge in [0.25, 0.3) is 8.32 Å². The van der Waals surface area contributed by atoms with Gasteiger partial charge < -0.3 is 29.1 Å². The minimum atomic E-state index is -2.97. The van der Waals surface area contributed by atoms with Crippen molar-refractivity contribution in [1.82, 2.24) is 14.5 Å². The van der Waals surface area contributed by atoms with Crippen LogP contribution in [0.2, 0.25) is 5.04 Å². The lowest BCUT2D eigenvalue weighted by Crippen LogP contribution is -2.67. The van der Waals surface area contributed by atoms with Crippen molar-refractivity contribution in [3.63, 3.8) is 0 Å². The Hall–Kier alpha value is -3.72. The summed E-state index contributed by atoms with van der Waals surface area (Å²) in [6.07, 6.45) is 3.15. The minimum absolute atomic E-state index is 0.0267. The van der Waals surface area contributed by atoms with E-state index in [1.165, 1.54) is 16.7 Å². The normalized spacial score (nSPS) is 24.1. The van der Waals surface area contributed by atoms with Crippen molar-refractivity contribution in [2.24, 2.45) is 0 Å². The first-order valence-electron chi connectivity index (χ1n) is 18.2. The van der Waals surface area contributed by atoms with Crippen LogP contribution in [0.25, 0.3) is 22.2 Å². The molecule has 3 aliphatic rings. The van der Waals surface area contributed by atoms with E-state index in [-0.39, 0.29) is 39.4 Å². The van der Waals surface area contributed by atoms with Crippen LogP contribution in [0, 0.1) is 0 Å². The summed E-state index contributed by atoms with van der Waals surface area (Å²) in [5.74, 6) is -0.0227. The molecule has 13 heteroatoms. The highest BCUT2D eigenvalue weighted by atomic mass is 32.2. The Kier molecular flexibility index (Phi) is 9.26. The molecular weight excluding hydrogens is 723 g/mol. The largest absolute Gasteiger partial charge is 0.406 e. The summed E-state index contributed by atoms with van der Waals surface area (Å²) in [5.41, 5.74) is 10.2. The zero-order valence-electron chi connectivity index (χ0n) is 30.8. The zero-order chi connectivity index (χ0) is 37.2. The first kappa shape index (κ1) is 36.3. The first-order valence-corrected chi connectivity index (χ1v) is 22.9. The molecule has 3 fully saturated rings. The Labute approximate surface area is 317 Å². The second-order valence-electron chi connectivity index (χ2n) is 15.7. The average molecular weight is 770 g/mol. The Bertz CT molecular complexity index is 2160. The molecule has 53 heavy (non-hydrogen) atoms. The third kappa shape index (κ3) is 6.59. The van der Waals surface area contributed by atoms with Gasteiger partial charge in [0.2, 0.25) is 0 Å². The maximum Gasteiger partial charge on any atom is 0.261 e. The lowest BCUT2D eigenvalue weighted by Gasteiger charge is -2.43. The van der Waals surface area contributed by atoms with Crippen LogP contribution in [-0.4, -0.2) is 85.7 Å². The molecule has 8 rings (SSSR count). The third-order valence-electron chi connectivity index (χ3n) is 10.8. The molecule has 3 aliphatic heterocycles. The molecule has 3 aromatic carbocycles. The second kappa shape index (κ2) is 13.5. The third-order valence-corrected chi connectivity index (χ3v) is 18.9. The molecule has 0 spiro atoms. The topological polar surface area (TPSA) is 122 Å². The monoisotopic (exact) mass is 769 g/mol. The van der Waals surface area contributed by atoms with Crippen LogP contribution in [0.15, 0.2) is 97.5 Å². The number of aromatic nitrogens is 3. The Morgan fingerprint density at radius 2 is 1.51 bits per heavy atom. The number of thioether (sulfide) groups is 1. The molecule has 5 aromatic rings. The van der Waals surface area contributed by atoms with E-state index < -0.39 is 23.9 Å². The molecule has 3 saturated heterocycles. The van der Waals surface area contributed by atoms with Gasteiger partial charge in [0.15, 0.2) is 15.6 Å². The number of rotatable bonds is 8. The summed E-state index contributed by atoms with van der Waals surface area (Å²) < 4.78 is 47.1. The van der Waals surface area contributed by atoms with E-state index in [1.807, 2.05) is 26.0 Å². The van der Waals surface area contributed by atoms with Gasteiger partial charge in [-0.25, -0.2) is 18.4 Å². The van der Waals surface area contributed by atoms with Crippen LogP contribution in [0.1, 0.15) is 40.0 Å². The molecule has 2 N–H and O–H groups in total. The van der Waals surface area contributed by atoms with Gasteiger partial charge in [-0.1, -0.05) is 93.6 Å². The molecule has 0 bridgehead atoms. The molecule has 0 amide bonds. The van der Waals surface area contributed by atoms with E-state index in [4.69, 9.17) is 24.6 Å². The Morgan fingerprint density at radius 3 is 2.11 bits per heavy atom. The van der Waals surface area contributed by atoms with E-state index in [2.05, 4.69) is 114 Å². The fourth-order valence-corrected chi connectivity index (χ4v) is 15.8. The van der Waals surface area contributed by atoms with Crippen molar-refractivity contribution in [3.05, 3.63) is 97.5 Å². The summed E-state index contributed by atoms with van der Waals surface area (Å²) in [6.45, 7) is 12.3. The number of nitrogens with two attached hydrogens (primary N) is 1. The molecule has 4 atom stereocenters. The predicted molar refractivity (Wildman–Crippen MR) is 216 cm³/mol. The molecule has 0 saturated carbocycles. The summed E-state index contributed by atoms with van der Waals surface area (Å²) in [4.78, 5) is 11.3. The SMILES string of the molecule is CC1(C)O[C@@H]2[C@H](O1)[C@@H](CO[Si](c1ccccc1)(c1ccccc1)C(C)(C)C)S[C@H]2n1cc(-c2ccc(N3CCS(=O)(=O)CC3)cc2)c2c(N)ncnc21. The van der Waals surface area contributed by atoms with Gasteiger partial charge in [0, 0.05) is 37.1 Å². The van der Waals surface area contributed by atoms with Gasteiger partial charge in [-0.2, -0.15) is 0 Å². The molecule has 0 aliphatic carbocycles. The van der Waals surface area contributed by atoms with Crippen LogP contribution in [-0.2, 0) is 23.7 Å². The fraction of sp³-hybridized carbons (Fsp3) is 0.400. The predicted octanol–water partition coefficient (Wildman–Crippen LogP) is 5.63. The van der Waals surface area contributed by atoms with Crippen molar-refractivity contribution < 1.29 is 22.3 Å². The molecule has 278 valence electrons. The molecule has 2 aromatic heterocycles. The van der Waals surface area contributed by atoms with E-state index >= 15 is 0 Å². The highest BCUT2D eigenvalue weighted by Crippen LogP contribution is 2.53. The second-order valence-corrected chi connectivity index (χ2v) is 23.7. The number of anilines is 2. The average Bonchev–Trinajstić information content (AvgIpc) is 3.78. The summed E-state index contributed by atoms with van der Waals surface area (Å²) in [6, 6.07) is 29.7. The zero-order valence-corrected chi connectivity index (χ0v) is 33.4. The maximum atomic E-state index is 12.0. The van der Waals surface area contributed by atoms with Crippen LogP contribution in [0.5, 0.6) is 0 Å². The Balaban J connectivity index is 1.14. The van der Waals surface area contributed by atoms with E-state index in [0.29, 0.717) is 25.5 Å². The van der Waals surface area contributed by atoms with Gasteiger partial charge in [-0.15, -0.1) is 11.8 Å². The number of fused-ring (bicyclic) bond motifs is 2. The van der Waals surface area contributed by atoms with Gasteiger partial charge in [0.1, 0.15) is 35.4 Å². The summed E-state index contributed by atoms with van der Waals surface area (Å²) >= 11 is 1.80. The van der Waals surface area contributed by atoms with Crippen LogP contribution in [0.3, 0.4) is 0 Å². The Morgan fingerprint density at radius 1 is 0.906 bits per heavy atom. The van der Waals surface area contributed by atoms with Gasteiger partial charge >= 0.3 is 0 Å². The van der Waals surface area contributed by atoms with Crippen molar-refractivity contribution in [2.45, 2.75) is 68.3 Å². The van der Waals surface area contributed by atoms with E-state index in [0.717, 1.165) is 27.8 Å². The van der Waals surface area contributed by atoms with Crippen molar-refractivity contribution in [3.8, 4) is 11.1 Å². The first-order chi connectivity index (χ1) is 25.3. The lowest BCUT2D eigenvalue weighted by atomic mass is 10.1. The van der Waals surface area contributed by atoms with Crippen LogP contribution < -0.4 is 21.0 Å². The van der Waals surface area contributed by atoms with Crippen molar-refractivity contribution in [2.75, 3.05) is 41.8 Å². The highest BCUT2D eigenvalue weighted by molar-refractivity contribution is 8.00. The standard InChI is InChI=1S/C40H47N5O5S2Si/c1-39(2,3)53(29-12-8-6-9-13-29,30-14-10-7-11-15-30)48-25-32-34-35(50-40(4,5)49-34)38(51-32)45-24-31(33-36(41)42-26-43-37(33)45)27-16-18-28(19-17-27)44-20-22-52(46,47)23-21-44/h6-19,24,26,32,34-35,38H,20-23,25H2,1-5H3,(H2,41,42,43)/t32-,34-,35-,38-/m1/s1. The molecule has 0 radical (unpaired) electrons. The van der Waals surface area contributed by atoms with Gasteiger partial charge in [-0.05, 0) is 47.0 Å². The summed E-state index contributed by atoms with van der Waals surface area (Å²) in [5, 5.41) is 2.90. The minimum Gasteiger partial charge on any atom is -0.406 e. The number of hydrogen-bond acceptors (Lipinski definition) is 10. The number of sulfone groups is 1. The van der Waals surface area contributed by atoms with Crippen molar-refractivity contribution >= 4 is 62.8 Å². The quantitative estimate of drug-likeness (QED) is 0.199. The lowest BCUT2D eigenvalue weighted by molar-refractivity contribution is -0.149. The van der Waals surface area contributed by atoms with E-state index in [9.17, 15) is 8.42 Å². The number of benzene rings is 3. The van der Waals surface area contributed by atoms with Crippen LogP contribution >= 0.6 is 11.8 Å². The highest BCUT2D eigenvalue weighted by Gasteiger charge is 2.57. The molecular formula is C40H47N5O5S2Si. The summed E-state index contributed by atoms with van der Waals surface area (Å²) in [7, 11) is -5.77. The molecule has 0 unspecified atom stereocenters. The van der Waals surface area contributed by atoms with Gasteiger partial charge in [0.05, 0.1) is 22.1 Å². The van der Waals surface area contributed by atoms with Gasteiger partial charge in [-0.3, -0.25) is 0 Å². The fourth-order valence-electron chi connectivity index (χ4n) is 8.33. The number of nitrogen functional groups attached to an aromatic ring is 1. The smallest absolute Gasteiger partial charge is 0.261 e. The van der Waals surface area contributed by atoms with Crippen LogP contribution in [0.4, 0.5) is 11.5 Å². The molecule has 5 heterocycles. The number of ether oxygens (including phenoxy) is 2. The van der Waals surface area contributed by atoms with Crippen molar-refractivity contribution in [1.29, 1.82) is 0 Å². The number of hydrogen-bond donors (Lipinski definition) is 1. The maximum absolute atomic E-state index is 12.0. The van der Waals surface area contributed by atoms with E-state index in [1.54, 1.807) is 11.8 Å². The number of nitrogens with zero attached hydrogens (tertiary/aromatic N) is 4.